The van der Waals surface area contributed by atoms with Crippen LogP contribution in [-0.2, 0) is 0 Å². The highest BCUT2D eigenvalue weighted by Gasteiger charge is 2.40. The Bertz CT molecular complexity index is 185. The molecule has 2 heteroatoms. The Labute approximate surface area is 86.4 Å². The number of halogens is 1. The molecule has 0 radical (unpaired) electrons. The molecule has 76 valence electrons. The van der Waals surface area contributed by atoms with E-state index in [0.717, 1.165) is 12.6 Å². The molecule has 0 bridgehead atoms. The van der Waals surface area contributed by atoms with Crippen molar-refractivity contribution in [1.29, 1.82) is 0 Å². The highest BCUT2D eigenvalue weighted by Crippen LogP contribution is 2.37. The summed E-state index contributed by atoms with van der Waals surface area (Å²) in [7, 11) is 0. The van der Waals surface area contributed by atoms with Gasteiger partial charge in [-0.25, -0.2) is 0 Å². The minimum atomic E-state index is 0.324. The van der Waals surface area contributed by atoms with Crippen molar-refractivity contribution in [2.75, 3.05) is 13.1 Å². The summed E-state index contributed by atoms with van der Waals surface area (Å²) in [5.74, 6) is 0. The minimum absolute atomic E-state index is 0.324. The maximum atomic E-state index is 6.34. The van der Waals surface area contributed by atoms with Gasteiger partial charge in [0.25, 0.3) is 0 Å². The van der Waals surface area contributed by atoms with E-state index in [1.54, 1.807) is 0 Å². The van der Waals surface area contributed by atoms with Crippen molar-refractivity contribution in [3.8, 4) is 0 Å². The molecule has 1 aliphatic heterocycles. The molecule has 0 N–H and O–H groups in total. The van der Waals surface area contributed by atoms with E-state index >= 15 is 0 Å². The fraction of sp³-hybridized carbons (Fsp3) is 1.00. The second-order valence-corrected chi connectivity index (χ2v) is 5.85. The van der Waals surface area contributed by atoms with Crippen molar-refractivity contribution < 1.29 is 0 Å². The molecule has 1 heterocycles. The summed E-state index contributed by atoms with van der Waals surface area (Å²) in [6.45, 7) is 6.89. The second kappa shape index (κ2) is 3.43. The third-order valence-corrected chi connectivity index (χ3v) is 4.42. The van der Waals surface area contributed by atoms with Crippen molar-refractivity contribution in [2.24, 2.45) is 5.41 Å². The Hall–Kier alpha value is 0.250. The lowest BCUT2D eigenvalue weighted by atomic mass is 9.92. The highest BCUT2D eigenvalue weighted by molar-refractivity contribution is 6.21. The molecule has 1 atom stereocenters. The van der Waals surface area contributed by atoms with Gasteiger partial charge >= 0.3 is 0 Å². The van der Waals surface area contributed by atoms with Crippen molar-refractivity contribution in [1.82, 2.24) is 4.90 Å². The molecule has 1 unspecified atom stereocenters. The van der Waals surface area contributed by atoms with E-state index in [0.29, 0.717) is 10.8 Å². The van der Waals surface area contributed by atoms with Crippen LogP contribution in [0.15, 0.2) is 0 Å². The van der Waals surface area contributed by atoms with Crippen LogP contribution >= 0.6 is 11.6 Å². The smallest absolute Gasteiger partial charge is 0.0526 e. The first-order chi connectivity index (χ1) is 6.09. The monoisotopic (exact) mass is 201 g/mol. The van der Waals surface area contributed by atoms with E-state index in [-0.39, 0.29) is 0 Å². The summed E-state index contributed by atoms with van der Waals surface area (Å²) in [5.41, 5.74) is 0.324. The van der Waals surface area contributed by atoms with E-state index in [2.05, 4.69) is 18.7 Å². The third-order valence-electron chi connectivity index (χ3n) is 3.69. The van der Waals surface area contributed by atoms with Gasteiger partial charge in [0.1, 0.15) is 0 Å². The van der Waals surface area contributed by atoms with E-state index in [9.17, 15) is 0 Å². The van der Waals surface area contributed by atoms with Gasteiger partial charge in [0.2, 0.25) is 0 Å². The molecule has 13 heavy (non-hydrogen) atoms. The number of hydrogen-bond acceptors (Lipinski definition) is 1. The molecule has 2 rings (SSSR count). The van der Waals surface area contributed by atoms with Gasteiger partial charge in [-0.1, -0.05) is 26.7 Å². The standard InChI is InChI=1S/C11H20ClN/c1-11(2)8-13(7-10(11)12)9-5-3-4-6-9/h9-10H,3-8H2,1-2H3. The van der Waals surface area contributed by atoms with E-state index in [1.165, 1.54) is 32.2 Å². The Balaban J connectivity index is 1.96. The summed E-state index contributed by atoms with van der Waals surface area (Å²) in [6.07, 6.45) is 5.66. The number of alkyl halides is 1. The van der Waals surface area contributed by atoms with E-state index < -0.39 is 0 Å². The third kappa shape index (κ3) is 1.87. The summed E-state index contributed by atoms with van der Waals surface area (Å²) in [5, 5.41) is 0.355. The number of likely N-dealkylation sites (tertiary alicyclic amines) is 1. The highest BCUT2D eigenvalue weighted by atomic mass is 35.5. The maximum Gasteiger partial charge on any atom is 0.0526 e. The lowest BCUT2D eigenvalue weighted by molar-refractivity contribution is 0.220. The van der Waals surface area contributed by atoms with E-state index in [1.807, 2.05) is 0 Å². The summed E-state index contributed by atoms with van der Waals surface area (Å²) >= 11 is 6.34. The van der Waals surface area contributed by atoms with Crippen LogP contribution in [0.2, 0.25) is 0 Å². The average Bonchev–Trinajstić information content (AvgIpc) is 2.60. The molecule has 0 aromatic rings. The molecule has 1 aliphatic carbocycles. The zero-order valence-corrected chi connectivity index (χ0v) is 9.48. The summed E-state index contributed by atoms with van der Waals surface area (Å²) in [4.78, 5) is 2.62. The Morgan fingerprint density at radius 1 is 1.23 bits per heavy atom. The fourth-order valence-electron chi connectivity index (χ4n) is 2.69. The topological polar surface area (TPSA) is 3.24 Å². The first-order valence-electron chi connectivity index (χ1n) is 5.48. The van der Waals surface area contributed by atoms with Crippen molar-refractivity contribution >= 4 is 11.6 Å². The maximum absolute atomic E-state index is 6.34. The first-order valence-corrected chi connectivity index (χ1v) is 5.91. The quantitative estimate of drug-likeness (QED) is 0.590. The van der Waals surface area contributed by atoms with Gasteiger partial charge < -0.3 is 0 Å². The van der Waals surface area contributed by atoms with Gasteiger partial charge in [-0.3, -0.25) is 4.90 Å². The molecule has 0 spiro atoms. The average molecular weight is 202 g/mol. The summed E-state index contributed by atoms with van der Waals surface area (Å²) in [6, 6.07) is 0.850. The molecule has 0 amide bonds. The SMILES string of the molecule is CC1(C)CN(C2CCCC2)CC1Cl. The van der Waals surface area contributed by atoms with Crippen LogP contribution in [0.3, 0.4) is 0 Å². The lowest BCUT2D eigenvalue weighted by Crippen LogP contribution is -2.32. The van der Waals surface area contributed by atoms with Crippen molar-refractivity contribution in [3.63, 3.8) is 0 Å². The number of hydrogen-bond donors (Lipinski definition) is 0. The van der Waals surface area contributed by atoms with Crippen LogP contribution < -0.4 is 0 Å². The van der Waals surface area contributed by atoms with Crippen LogP contribution in [-0.4, -0.2) is 29.4 Å². The van der Waals surface area contributed by atoms with Crippen LogP contribution in [0.25, 0.3) is 0 Å². The number of rotatable bonds is 1. The normalized spacial score (nSPS) is 35.8. The molecule has 0 aromatic heterocycles. The van der Waals surface area contributed by atoms with Crippen LogP contribution in [0.1, 0.15) is 39.5 Å². The summed E-state index contributed by atoms with van der Waals surface area (Å²) < 4.78 is 0. The largest absolute Gasteiger partial charge is 0.298 e. The zero-order chi connectivity index (χ0) is 9.47. The van der Waals surface area contributed by atoms with Crippen LogP contribution in [0, 0.1) is 5.41 Å². The number of nitrogens with zero attached hydrogens (tertiary/aromatic N) is 1. The Morgan fingerprint density at radius 2 is 1.85 bits per heavy atom. The van der Waals surface area contributed by atoms with Gasteiger partial charge in [-0.15, -0.1) is 11.6 Å². The van der Waals surface area contributed by atoms with Crippen molar-refractivity contribution in [2.45, 2.75) is 50.9 Å². The van der Waals surface area contributed by atoms with Crippen LogP contribution in [0.5, 0.6) is 0 Å². The molecule has 2 aliphatic rings. The first kappa shape index (κ1) is 9.79. The predicted octanol–water partition coefficient (Wildman–Crippen LogP) is 2.88. The van der Waals surface area contributed by atoms with Gasteiger partial charge in [0.15, 0.2) is 0 Å². The minimum Gasteiger partial charge on any atom is -0.298 e. The van der Waals surface area contributed by atoms with Crippen molar-refractivity contribution in [3.05, 3.63) is 0 Å². The van der Waals surface area contributed by atoms with Gasteiger partial charge in [0, 0.05) is 19.1 Å². The lowest BCUT2D eigenvalue weighted by Gasteiger charge is -2.25. The Morgan fingerprint density at radius 3 is 2.31 bits per heavy atom. The molecule has 0 aromatic carbocycles. The van der Waals surface area contributed by atoms with Gasteiger partial charge in [-0.2, -0.15) is 0 Å². The van der Waals surface area contributed by atoms with Crippen LogP contribution in [0.4, 0.5) is 0 Å². The zero-order valence-electron chi connectivity index (χ0n) is 8.72. The molecule has 1 saturated heterocycles. The molecular formula is C11H20ClN. The predicted molar refractivity (Wildman–Crippen MR) is 57.3 cm³/mol. The van der Waals surface area contributed by atoms with Gasteiger partial charge in [0.05, 0.1) is 5.38 Å². The Kier molecular flexibility index (Phi) is 2.59. The molecular weight excluding hydrogens is 182 g/mol. The van der Waals surface area contributed by atoms with E-state index in [4.69, 9.17) is 11.6 Å². The second-order valence-electron chi connectivity index (χ2n) is 5.32. The molecule has 1 saturated carbocycles. The molecule has 1 nitrogen and oxygen atoms in total. The molecule has 2 fully saturated rings. The fourth-order valence-corrected chi connectivity index (χ4v) is 2.93. The van der Waals surface area contributed by atoms with Gasteiger partial charge in [-0.05, 0) is 18.3 Å².